The fourth-order valence-corrected chi connectivity index (χ4v) is 2.40. The molecule has 2 N–H and O–H groups in total. The molecule has 1 aromatic rings. The van der Waals surface area contributed by atoms with Gasteiger partial charge in [-0.25, -0.2) is 4.39 Å². The van der Waals surface area contributed by atoms with E-state index >= 15 is 0 Å². The summed E-state index contributed by atoms with van der Waals surface area (Å²) in [5.74, 6) is 0.0972. The van der Waals surface area contributed by atoms with Crippen molar-refractivity contribution in [2.75, 3.05) is 12.3 Å². The molecule has 1 amide bonds. The average molecular weight is 264 g/mol. The van der Waals surface area contributed by atoms with Crippen molar-refractivity contribution < 1.29 is 9.18 Å². The van der Waals surface area contributed by atoms with Crippen LogP contribution in [0.4, 0.5) is 10.1 Å². The monoisotopic (exact) mass is 264 g/mol. The number of hydrogen-bond acceptors (Lipinski definition) is 2. The molecular weight excluding hydrogens is 243 g/mol. The minimum atomic E-state index is -0.341. The van der Waals surface area contributed by atoms with Gasteiger partial charge in [-0.05, 0) is 23.5 Å². The van der Waals surface area contributed by atoms with Crippen LogP contribution in [-0.2, 0) is 11.3 Å². The Morgan fingerprint density at radius 1 is 1.42 bits per heavy atom. The summed E-state index contributed by atoms with van der Waals surface area (Å²) in [5, 5.41) is 0. The van der Waals surface area contributed by atoms with E-state index in [1.54, 1.807) is 17.0 Å². The molecule has 1 aromatic carbocycles. The Labute approximate surface area is 113 Å². The molecule has 0 saturated carbocycles. The molecule has 0 aliphatic carbocycles. The van der Waals surface area contributed by atoms with Crippen molar-refractivity contribution in [1.82, 2.24) is 4.90 Å². The maximum atomic E-state index is 13.7. The standard InChI is InChI=1S/C15H21FN2O/c1-15(2,3)11-6-14(19)18(9-11)8-10-4-5-12(17)7-13(10)16/h4-5,7,11H,6,8-9,17H2,1-3H3. The Kier molecular flexibility index (Phi) is 3.52. The number of rotatable bonds is 2. The van der Waals surface area contributed by atoms with E-state index in [-0.39, 0.29) is 17.1 Å². The molecule has 1 heterocycles. The van der Waals surface area contributed by atoms with E-state index in [2.05, 4.69) is 20.8 Å². The van der Waals surface area contributed by atoms with Crippen molar-refractivity contribution in [2.45, 2.75) is 33.7 Å². The molecule has 19 heavy (non-hydrogen) atoms. The highest BCUT2D eigenvalue weighted by molar-refractivity contribution is 5.78. The lowest BCUT2D eigenvalue weighted by molar-refractivity contribution is -0.128. The van der Waals surface area contributed by atoms with Crippen molar-refractivity contribution in [2.24, 2.45) is 11.3 Å². The van der Waals surface area contributed by atoms with Gasteiger partial charge in [0.05, 0.1) is 0 Å². The number of likely N-dealkylation sites (tertiary alicyclic amines) is 1. The first kappa shape index (κ1) is 13.8. The smallest absolute Gasteiger partial charge is 0.223 e. The highest BCUT2D eigenvalue weighted by Crippen LogP contribution is 2.35. The van der Waals surface area contributed by atoms with Crippen LogP contribution >= 0.6 is 0 Å². The van der Waals surface area contributed by atoms with Gasteiger partial charge in [0.25, 0.3) is 0 Å². The van der Waals surface area contributed by atoms with E-state index in [1.165, 1.54) is 6.07 Å². The van der Waals surface area contributed by atoms with Crippen LogP contribution in [0.1, 0.15) is 32.8 Å². The van der Waals surface area contributed by atoms with Gasteiger partial charge in [-0.3, -0.25) is 4.79 Å². The number of hydrogen-bond donors (Lipinski definition) is 1. The van der Waals surface area contributed by atoms with Crippen molar-refractivity contribution in [3.8, 4) is 0 Å². The third-order valence-corrected chi connectivity index (χ3v) is 3.88. The average Bonchev–Trinajstić information content (AvgIpc) is 2.64. The second kappa shape index (κ2) is 4.83. The maximum Gasteiger partial charge on any atom is 0.223 e. The summed E-state index contributed by atoms with van der Waals surface area (Å²) in [6, 6.07) is 4.62. The Balaban J connectivity index is 2.10. The first-order chi connectivity index (χ1) is 8.77. The highest BCUT2D eigenvalue weighted by Gasteiger charge is 2.36. The number of anilines is 1. The SMILES string of the molecule is CC(C)(C)C1CC(=O)N(Cc2ccc(N)cc2F)C1. The summed E-state index contributed by atoms with van der Waals surface area (Å²) in [7, 11) is 0. The summed E-state index contributed by atoms with van der Waals surface area (Å²) in [6.45, 7) is 7.44. The third kappa shape index (κ3) is 3.06. The van der Waals surface area contributed by atoms with Crippen LogP contribution in [0.5, 0.6) is 0 Å². The van der Waals surface area contributed by atoms with Crippen LogP contribution in [0.15, 0.2) is 18.2 Å². The number of benzene rings is 1. The van der Waals surface area contributed by atoms with E-state index < -0.39 is 0 Å². The molecule has 3 nitrogen and oxygen atoms in total. The van der Waals surface area contributed by atoms with Crippen LogP contribution in [0.3, 0.4) is 0 Å². The molecule has 4 heteroatoms. The topological polar surface area (TPSA) is 46.3 Å². The van der Waals surface area contributed by atoms with Crippen molar-refractivity contribution >= 4 is 11.6 Å². The van der Waals surface area contributed by atoms with Crippen LogP contribution in [0.25, 0.3) is 0 Å². The summed E-state index contributed by atoms with van der Waals surface area (Å²) in [6.07, 6.45) is 0.556. The predicted molar refractivity (Wildman–Crippen MR) is 73.8 cm³/mol. The largest absolute Gasteiger partial charge is 0.399 e. The van der Waals surface area contributed by atoms with E-state index in [0.29, 0.717) is 36.7 Å². The van der Waals surface area contributed by atoms with Gasteiger partial charge in [-0.2, -0.15) is 0 Å². The van der Waals surface area contributed by atoms with E-state index in [9.17, 15) is 9.18 Å². The molecule has 1 aliphatic rings. The molecule has 1 aliphatic heterocycles. The number of nitrogen functional groups attached to an aromatic ring is 1. The summed E-state index contributed by atoms with van der Waals surface area (Å²) in [5.41, 5.74) is 6.55. The molecular formula is C15H21FN2O. The lowest BCUT2D eigenvalue weighted by Gasteiger charge is -2.26. The normalized spacial score (nSPS) is 20.1. The highest BCUT2D eigenvalue weighted by atomic mass is 19.1. The zero-order valence-electron chi connectivity index (χ0n) is 11.7. The number of nitrogens with two attached hydrogens (primary N) is 1. The molecule has 0 spiro atoms. The van der Waals surface area contributed by atoms with Gasteiger partial charge >= 0.3 is 0 Å². The molecule has 1 unspecified atom stereocenters. The van der Waals surface area contributed by atoms with Crippen LogP contribution in [0.2, 0.25) is 0 Å². The van der Waals surface area contributed by atoms with Gasteiger partial charge in [0.2, 0.25) is 5.91 Å². The Morgan fingerprint density at radius 3 is 2.63 bits per heavy atom. The maximum absolute atomic E-state index is 13.7. The van der Waals surface area contributed by atoms with Gasteiger partial charge in [0.1, 0.15) is 5.82 Å². The van der Waals surface area contributed by atoms with E-state index in [4.69, 9.17) is 5.73 Å². The van der Waals surface area contributed by atoms with Crippen LogP contribution in [-0.4, -0.2) is 17.4 Å². The van der Waals surface area contributed by atoms with Crippen molar-refractivity contribution in [3.05, 3.63) is 29.6 Å². The molecule has 0 aromatic heterocycles. The molecule has 0 bridgehead atoms. The summed E-state index contributed by atoms with van der Waals surface area (Å²) >= 11 is 0. The van der Waals surface area contributed by atoms with E-state index in [1.807, 2.05) is 0 Å². The number of nitrogens with zero attached hydrogens (tertiary/aromatic N) is 1. The molecule has 1 fully saturated rings. The fraction of sp³-hybridized carbons (Fsp3) is 0.533. The Hall–Kier alpha value is -1.58. The summed E-state index contributed by atoms with van der Waals surface area (Å²) < 4.78 is 13.7. The lowest BCUT2D eigenvalue weighted by Crippen LogP contribution is -2.27. The number of amides is 1. The molecule has 0 radical (unpaired) electrons. The first-order valence-electron chi connectivity index (χ1n) is 6.59. The van der Waals surface area contributed by atoms with Gasteiger partial charge in [0.15, 0.2) is 0 Å². The number of halogens is 1. The second-order valence-electron chi connectivity index (χ2n) is 6.39. The first-order valence-corrected chi connectivity index (χ1v) is 6.59. The van der Waals surface area contributed by atoms with Gasteiger partial charge in [-0.15, -0.1) is 0 Å². The fourth-order valence-electron chi connectivity index (χ4n) is 2.40. The quantitative estimate of drug-likeness (QED) is 0.835. The van der Waals surface area contributed by atoms with Crippen molar-refractivity contribution in [3.63, 3.8) is 0 Å². The minimum absolute atomic E-state index is 0.101. The van der Waals surface area contributed by atoms with E-state index in [0.717, 1.165) is 0 Å². The molecule has 2 rings (SSSR count). The minimum Gasteiger partial charge on any atom is -0.399 e. The Bertz CT molecular complexity index is 493. The Morgan fingerprint density at radius 2 is 2.11 bits per heavy atom. The predicted octanol–water partition coefficient (Wildman–Crippen LogP) is 2.80. The molecule has 1 saturated heterocycles. The van der Waals surface area contributed by atoms with Crippen molar-refractivity contribution in [1.29, 1.82) is 0 Å². The third-order valence-electron chi connectivity index (χ3n) is 3.88. The number of carbonyl (C=O) groups is 1. The van der Waals surface area contributed by atoms with Crippen LogP contribution < -0.4 is 5.73 Å². The zero-order valence-corrected chi connectivity index (χ0v) is 11.7. The second-order valence-corrected chi connectivity index (χ2v) is 6.39. The van der Waals surface area contributed by atoms with Crippen LogP contribution in [0, 0.1) is 17.2 Å². The van der Waals surface area contributed by atoms with Gasteiger partial charge in [-0.1, -0.05) is 26.8 Å². The zero-order chi connectivity index (χ0) is 14.2. The van der Waals surface area contributed by atoms with Gasteiger partial charge in [0, 0.05) is 30.8 Å². The lowest BCUT2D eigenvalue weighted by atomic mass is 9.80. The molecule has 104 valence electrons. The van der Waals surface area contributed by atoms with Gasteiger partial charge < -0.3 is 10.6 Å². The summed E-state index contributed by atoms with van der Waals surface area (Å²) in [4.78, 5) is 13.7. The molecule has 1 atom stereocenters. The number of carbonyl (C=O) groups excluding carboxylic acids is 1.